The Balaban J connectivity index is 0.00000300. The van der Waals surface area contributed by atoms with Crippen LogP contribution in [0, 0.1) is 0 Å². The fraction of sp³-hybridized carbons (Fsp3) is 0.750. The molecule has 1 aromatic rings. The minimum atomic E-state index is 0. The van der Waals surface area contributed by atoms with Crippen molar-refractivity contribution < 1.29 is 14.2 Å². The second kappa shape index (κ2) is 14.5. The first kappa shape index (κ1) is 24.8. The maximum absolute atomic E-state index is 5.93. The van der Waals surface area contributed by atoms with E-state index in [1.54, 1.807) is 0 Å². The zero-order valence-electron chi connectivity index (χ0n) is 17.3. The summed E-state index contributed by atoms with van der Waals surface area (Å²) in [5.74, 6) is 0.848. The number of hydrogen-bond donors (Lipinski definition) is 2. The van der Waals surface area contributed by atoms with Gasteiger partial charge in [-0.2, -0.15) is 0 Å². The highest BCUT2D eigenvalue weighted by Crippen LogP contribution is 2.25. The van der Waals surface area contributed by atoms with Gasteiger partial charge in [-0.1, -0.05) is 6.07 Å². The number of aliphatic imine (C=N–C) groups is 1. The predicted octanol–water partition coefficient (Wildman–Crippen LogP) is 2.49. The molecule has 2 fully saturated rings. The van der Waals surface area contributed by atoms with Gasteiger partial charge in [0, 0.05) is 57.9 Å². The molecule has 0 spiro atoms. The Hall–Kier alpha value is -0.460. The van der Waals surface area contributed by atoms with Crippen molar-refractivity contribution in [2.24, 2.45) is 4.99 Å². The first-order valence-corrected chi connectivity index (χ1v) is 11.2. The van der Waals surface area contributed by atoms with Crippen LogP contribution in [0.15, 0.2) is 22.5 Å². The van der Waals surface area contributed by atoms with Crippen molar-refractivity contribution in [3.63, 3.8) is 0 Å². The van der Waals surface area contributed by atoms with Crippen molar-refractivity contribution >= 4 is 41.3 Å². The summed E-state index contributed by atoms with van der Waals surface area (Å²) in [6.07, 6.45) is 3.37. The molecule has 0 radical (unpaired) electrons. The van der Waals surface area contributed by atoms with E-state index in [2.05, 4.69) is 38.0 Å². The van der Waals surface area contributed by atoms with E-state index in [9.17, 15) is 0 Å². The van der Waals surface area contributed by atoms with Gasteiger partial charge in [-0.3, -0.25) is 9.89 Å². The molecule has 7 nitrogen and oxygen atoms in total. The second-order valence-corrected chi connectivity index (χ2v) is 8.07. The molecule has 0 saturated carbocycles. The number of thiophene rings is 1. The molecule has 0 amide bonds. The Bertz CT molecular complexity index is 564. The summed E-state index contributed by atoms with van der Waals surface area (Å²) >= 11 is 1.81. The molecular formula is C20H35IN4O3S. The highest BCUT2D eigenvalue weighted by Gasteiger charge is 2.23. The molecule has 2 aliphatic rings. The quantitative estimate of drug-likeness (QED) is 0.218. The Morgan fingerprint density at radius 1 is 1.24 bits per heavy atom. The number of rotatable bonds is 9. The van der Waals surface area contributed by atoms with Gasteiger partial charge < -0.3 is 24.8 Å². The SMILES string of the molecule is CN=C(NCCCOC1CCOCC1)NCC(c1cccs1)N1CCOCC1.I. The summed E-state index contributed by atoms with van der Waals surface area (Å²) in [6.45, 7) is 7.68. The van der Waals surface area contributed by atoms with E-state index in [0.717, 1.165) is 84.4 Å². The van der Waals surface area contributed by atoms with Gasteiger partial charge in [-0.05, 0) is 30.7 Å². The lowest BCUT2D eigenvalue weighted by atomic mass is 10.1. The van der Waals surface area contributed by atoms with Crippen molar-refractivity contribution in [2.75, 3.05) is 66.3 Å². The predicted molar refractivity (Wildman–Crippen MR) is 129 cm³/mol. The van der Waals surface area contributed by atoms with Crippen LogP contribution in [0.1, 0.15) is 30.2 Å². The zero-order chi connectivity index (χ0) is 19.4. The third-order valence-electron chi connectivity index (χ3n) is 5.18. The molecule has 29 heavy (non-hydrogen) atoms. The summed E-state index contributed by atoms with van der Waals surface area (Å²) in [4.78, 5) is 8.25. The van der Waals surface area contributed by atoms with Crippen molar-refractivity contribution in [3.05, 3.63) is 22.4 Å². The summed E-state index contributed by atoms with van der Waals surface area (Å²) in [5, 5.41) is 9.05. The van der Waals surface area contributed by atoms with Crippen LogP contribution >= 0.6 is 35.3 Å². The molecule has 3 rings (SSSR count). The van der Waals surface area contributed by atoms with E-state index in [4.69, 9.17) is 14.2 Å². The van der Waals surface area contributed by atoms with Crippen LogP contribution in [-0.2, 0) is 14.2 Å². The lowest BCUT2D eigenvalue weighted by Gasteiger charge is -2.34. The Morgan fingerprint density at radius 3 is 2.69 bits per heavy atom. The summed E-state index contributed by atoms with van der Waals surface area (Å²) in [7, 11) is 1.82. The monoisotopic (exact) mass is 538 g/mol. The number of halogens is 1. The minimum Gasteiger partial charge on any atom is -0.381 e. The van der Waals surface area contributed by atoms with Gasteiger partial charge in [0.2, 0.25) is 0 Å². The average molecular weight is 538 g/mol. The number of nitrogens with one attached hydrogen (secondary N) is 2. The van der Waals surface area contributed by atoms with Gasteiger partial charge in [0.25, 0.3) is 0 Å². The first-order valence-electron chi connectivity index (χ1n) is 10.4. The van der Waals surface area contributed by atoms with Crippen molar-refractivity contribution in [1.29, 1.82) is 0 Å². The molecule has 2 N–H and O–H groups in total. The third kappa shape index (κ3) is 8.66. The van der Waals surface area contributed by atoms with E-state index >= 15 is 0 Å². The largest absolute Gasteiger partial charge is 0.381 e. The molecule has 2 aliphatic heterocycles. The van der Waals surface area contributed by atoms with E-state index < -0.39 is 0 Å². The normalized spacial score (nSPS) is 20.1. The van der Waals surface area contributed by atoms with Gasteiger partial charge >= 0.3 is 0 Å². The molecule has 0 aliphatic carbocycles. The molecule has 9 heteroatoms. The van der Waals surface area contributed by atoms with Gasteiger partial charge in [0.1, 0.15) is 0 Å². The summed E-state index contributed by atoms with van der Waals surface area (Å²) in [6, 6.07) is 4.69. The fourth-order valence-corrected chi connectivity index (χ4v) is 4.43. The van der Waals surface area contributed by atoms with Crippen molar-refractivity contribution in [1.82, 2.24) is 15.5 Å². The smallest absolute Gasteiger partial charge is 0.191 e. The lowest BCUT2D eigenvalue weighted by Crippen LogP contribution is -2.46. The zero-order valence-corrected chi connectivity index (χ0v) is 20.5. The van der Waals surface area contributed by atoms with Crippen LogP contribution in [0.3, 0.4) is 0 Å². The van der Waals surface area contributed by atoms with E-state index in [-0.39, 0.29) is 24.0 Å². The molecular weight excluding hydrogens is 503 g/mol. The van der Waals surface area contributed by atoms with Crippen molar-refractivity contribution in [3.8, 4) is 0 Å². The first-order chi connectivity index (χ1) is 13.9. The summed E-state index contributed by atoms with van der Waals surface area (Å²) in [5.41, 5.74) is 0. The lowest BCUT2D eigenvalue weighted by molar-refractivity contribution is -0.0320. The van der Waals surface area contributed by atoms with Gasteiger partial charge in [-0.15, -0.1) is 35.3 Å². The van der Waals surface area contributed by atoms with E-state index in [0.29, 0.717) is 12.1 Å². The molecule has 0 bridgehead atoms. The van der Waals surface area contributed by atoms with Gasteiger partial charge in [-0.25, -0.2) is 0 Å². The minimum absolute atomic E-state index is 0. The van der Waals surface area contributed by atoms with Crippen LogP contribution < -0.4 is 10.6 Å². The number of ether oxygens (including phenoxy) is 3. The van der Waals surface area contributed by atoms with E-state index in [1.807, 2.05) is 18.4 Å². The van der Waals surface area contributed by atoms with E-state index in [1.165, 1.54) is 4.88 Å². The molecule has 1 atom stereocenters. The van der Waals surface area contributed by atoms with Gasteiger partial charge in [0.05, 0.1) is 25.4 Å². The maximum atomic E-state index is 5.93. The van der Waals surface area contributed by atoms with Crippen LogP contribution in [-0.4, -0.2) is 83.2 Å². The molecule has 2 saturated heterocycles. The number of guanidine groups is 1. The maximum Gasteiger partial charge on any atom is 0.191 e. The third-order valence-corrected chi connectivity index (χ3v) is 6.15. The summed E-state index contributed by atoms with van der Waals surface area (Å²) < 4.78 is 16.8. The topological polar surface area (TPSA) is 67.4 Å². The highest BCUT2D eigenvalue weighted by molar-refractivity contribution is 14.0. The van der Waals surface area contributed by atoms with Crippen LogP contribution in [0.25, 0.3) is 0 Å². The molecule has 3 heterocycles. The van der Waals surface area contributed by atoms with Crippen LogP contribution in [0.4, 0.5) is 0 Å². The number of hydrogen-bond acceptors (Lipinski definition) is 6. The molecule has 0 aromatic carbocycles. The number of nitrogens with zero attached hydrogens (tertiary/aromatic N) is 2. The number of morpholine rings is 1. The van der Waals surface area contributed by atoms with Crippen molar-refractivity contribution in [2.45, 2.75) is 31.4 Å². The van der Waals surface area contributed by atoms with Gasteiger partial charge in [0.15, 0.2) is 5.96 Å². The van der Waals surface area contributed by atoms with Crippen LogP contribution in [0.5, 0.6) is 0 Å². The Labute approximate surface area is 195 Å². The molecule has 1 aromatic heterocycles. The Kier molecular flexibility index (Phi) is 12.4. The standard InChI is InChI=1S/C20H34N4O3S.HI/c1-21-20(22-7-3-10-27-17-5-11-25-12-6-17)23-16-18(19-4-2-15-28-19)24-8-13-26-14-9-24;/h2,4,15,17-18H,3,5-14,16H2,1H3,(H2,21,22,23);1H. The molecule has 166 valence electrons. The average Bonchev–Trinajstić information content (AvgIpc) is 3.28. The molecule has 1 unspecified atom stereocenters. The Morgan fingerprint density at radius 2 is 2.00 bits per heavy atom. The fourth-order valence-electron chi connectivity index (χ4n) is 3.57. The van der Waals surface area contributed by atoms with Crippen LogP contribution in [0.2, 0.25) is 0 Å². The highest BCUT2D eigenvalue weighted by atomic mass is 127. The second-order valence-electron chi connectivity index (χ2n) is 7.10.